The van der Waals surface area contributed by atoms with E-state index in [1.807, 2.05) is 0 Å². The van der Waals surface area contributed by atoms with Crippen molar-refractivity contribution < 1.29 is 20.1 Å². The molecule has 0 saturated carbocycles. The smallest absolute Gasteiger partial charge is 0.306 e. The Bertz CT molecular complexity index is 439. The first kappa shape index (κ1) is 12.4. The highest BCUT2D eigenvalue weighted by molar-refractivity contribution is 5.67. The van der Waals surface area contributed by atoms with Gasteiger partial charge >= 0.3 is 5.97 Å². The van der Waals surface area contributed by atoms with Crippen molar-refractivity contribution in [1.82, 2.24) is 4.98 Å². The van der Waals surface area contributed by atoms with Gasteiger partial charge in [0.2, 0.25) is 0 Å². The van der Waals surface area contributed by atoms with E-state index in [1.165, 1.54) is 12.3 Å². The molecule has 1 aromatic heterocycles. The molecule has 1 rings (SSSR count). The van der Waals surface area contributed by atoms with Gasteiger partial charge in [0.1, 0.15) is 6.10 Å². The molecule has 16 heavy (non-hydrogen) atoms. The summed E-state index contributed by atoms with van der Waals surface area (Å²) in [5, 5.41) is 27.4. The summed E-state index contributed by atoms with van der Waals surface area (Å²) in [5.41, 5.74) is 0.383. The lowest BCUT2D eigenvalue weighted by Gasteiger charge is -2.16. The van der Waals surface area contributed by atoms with E-state index in [1.54, 1.807) is 6.92 Å². The Hall–Kier alpha value is -1.66. The van der Waals surface area contributed by atoms with E-state index in [2.05, 4.69) is 4.98 Å². The SMILES string of the molecule is Cc1cc(C(O)C(O)CC(=O)O)c[nH]c1=O. The van der Waals surface area contributed by atoms with Gasteiger partial charge in [-0.3, -0.25) is 9.59 Å². The molecule has 0 radical (unpaired) electrons. The van der Waals surface area contributed by atoms with Crippen LogP contribution in [0.15, 0.2) is 17.1 Å². The van der Waals surface area contributed by atoms with E-state index in [0.29, 0.717) is 5.56 Å². The number of carbonyl (C=O) groups is 1. The number of rotatable bonds is 4. The van der Waals surface area contributed by atoms with Crippen molar-refractivity contribution in [1.29, 1.82) is 0 Å². The summed E-state index contributed by atoms with van der Waals surface area (Å²) in [7, 11) is 0. The number of H-pyrrole nitrogens is 1. The average Bonchev–Trinajstić information content (AvgIpc) is 2.20. The number of hydrogen-bond acceptors (Lipinski definition) is 4. The topological polar surface area (TPSA) is 111 Å². The molecule has 0 aliphatic heterocycles. The van der Waals surface area contributed by atoms with Crippen molar-refractivity contribution in [3.8, 4) is 0 Å². The second-order valence-electron chi connectivity index (χ2n) is 3.56. The minimum absolute atomic E-state index is 0.283. The number of carboxylic acid groups (broad SMARTS) is 1. The van der Waals surface area contributed by atoms with E-state index >= 15 is 0 Å². The van der Waals surface area contributed by atoms with Crippen LogP contribution in [0.3, 0.4) is 0 Å². The molecule has 6 heteroatoms. The van der Waals surface area contributed by atoms with Crippen LogP contribution in [0.4, 0.5) is 0 Å². The zero-order valence-corrected chi connectivity index (χ0v) is 8.67. The number of aliphatic carboxylic acids is 1. The van der Waals surface area contributed by atoms with E-state index in [9.17, 15) is 19.8 Å². The Balaban J connectivity index is 2.87. The fourth-order valence-corrected chi connectivity index (χ4v) is 1.30. The first-order valence-electron chi connectivity index (χ1n) is 4.69. The molecule has 0 amide bonds. The monoisotopic (exact) mass is 227 g/mol. The highest BCUT2D eigenvalue weighted by Crippen LogP contribution is 2.17. The van der Waals surface area contributed by atoms with Gasteiger partial charge in [0, 0.05) is 11.8 Å². The minimum Gasteiger partial charge on any atom is -0.481 e. The predicted octanol–water partition coefficient (Wildman–Crippen LogP) is -0.448. The fourth-order valence-electron chi connectivity index (χ4n) is 1.30. The Kier molecular flexibility index (Phi) is 3.81. The lowest BCUT2D eigenvalue weighted by Crippen LogP contribution is -2.23. The third-order valence-corrected chi connectivity index (χ3v) is 2.20. The lowest BCUT2D eigenvalue weighted by atomic mass is 10.0. The van der Waals surface area contributed by atoms with Crippen LogP contribution in [0.25, 0.3) is 0 Å². The molecule has 4 N–H and O–H groups in total. The molecule has 0 fully saturated rings. The minimum atomic E-state index is -1.40. The van der Waals surface area contributed by atoms with Gasteiger partial charge < -0.3 is 20.3 Å². The van der Waals surface area contributed by atoms with Gasteiger partial charge in [0.15, 0.2) is 0 Å². The van der Waals surface area contributed by atoms with Crippen LogP contribution in [-0.4, -0.2) is 32.4 Å². The summed E-state index contributed by atoms with van der Waals surface area (Å²) >= 11 is 0. The number of aliphatic hydroxyl groups excluding tert-OH is 2. The maximum Gasteiger partial charge on any atom is 0.306 e. The molecule has 1 heterocycles. The molecule has 2 atom stereocenters. The molecule has 0 aromatic carbocycles. The van der Waals surface area contributed by atoms with Crippen molar-refractivity contribution in [2.45, 2.75) is 25.6 Å². The molecule has 0 aliphatic carbocycles. The van der Waals surface area contributed by atoms with E-state index in [4.69, 9.17) is 5.11 Å². The number of aromatic nitrogens is 1. The van der Waals surface area contributed by atoms with Gasteiger partial charge in [-0.25, -0.2) is 0 Å². The number of pyridine rings is 1. The Morgan fingerprint density at radius 2 is 2.12 bits per heavy atom. The van der Waals surface area contributed by atoms with Gasteiger partial charge in [-0.15, -0.1) is 0 Å². The largest absolute Gasteiger partial charge is 0.481 e. The van der Waals surface area contributed by atoms with Gasteiger partial charge in [-0.2, -0.15) is 0 Å². The molecule has 0 saturated heterocycles. The predicted molar refractivity (Wildman–Crippen MR) is 55.0 cm³/mol. The van der Waals surface area contributed by atoms with Crippen molar-refractivity contribution in [3.05, 3.63) is 33.7 Å². The third kappa shape index (κ3) is 2.91. The molecule has 0 bridgehead atoms. The lowest BCUT2D eigenvalue weighted by molar-refractivity contribution is -0.141. The molecule has 2 unspecified atom stereocenters. The molecule has 88 valence electrons. The highest BCUT2D eigenvalue weighted by Gasteiger charge is 2.21. The molecule has 6 nitrogen and oxygen atoms in total. The number of aliphatic hydroxyl groups is 2. The first-order chi connectivity index (χ1) is 7.41. The number of carboxylic acids is 1. The first-order valence-corrected chi connectivity index (χ1v) is 4.69. The molecular formula is C10H13NO5. The van der Waals surface area contributed by atoms with Crippen LogP contribution in [-0.2, 0) is 4.79 Å². The Morgan fingerprint density at radius 1 is 1.50 bits per heavy atom. The zero-order chi connectivity index (χ0) is 12.3. The molecule has 0 spiro atoms. The average molecular weight is 227 g/mol. The van der Waals surface area contributed by atoms with Gasteiger partial charge in [0.25, 0.3) is 5.56 Å². The quantitative estimate of drug-likeness (QED) is 0.557. The van der Waals surface area contributed by atoms with E-state index in [-0.39, 0.29) is 11.1 Å². The second kappa shape index (κ2) is 4.91. The molecule has 0 aliphatic rings. The maximum absolute atomic E-state index is 11.0. The third-order valence-electron chi connectivity index (χ3n) is 2.20. The summed E-state index contributed by atoms with van der Waals surface area (Å²) in [6.07, 6.45) is -2.03. The summed E-state index contributed by atoms with van der Waals surface area (Å²) in [5.74, 6) is -1.20. The fraction of sp³-hybridized carbons (Fsp3) is 0.400. The van der Waals surface area contributed by atoms with Crippen molar-refractivity contribution in [2.24, 2.45) is 0 Å². The standard InChI is InChI=1S/C10H13NO5/c1-5-2-6(4-11-10(5)16)9(15)7(12)3-8(13)14/h2,4,7,9,12,15H,3H2,1H3,(H,11,16)(H,13,14). The Labute approximate surface area is 91.2 Å². The second-order valence-corrected chi connectivity index (χ2v) is 3.56. The molecule has 1 aromatic rings. The van der Waals surface area contributed by atoms with Gasteiger partial charge in [-0.05, 0) is 18.6 Å². The van der Waals surface area contributed by atoms with Crippen LogP contribution >= 0.6 is 0 Å². The highest BCUT2D eigenvalue weighted by atomic mass is 16.4. The van der Waals surface area contributed by atoms with Crippen LogP contribution in [0.5, 0.6) is 0 Å². The molecular weight excluding hydrogens is 214 g/mol. The van der Waals surface area contributed by atoms with E-state index < -0.39 is 24.6 Å². The number of aromatic amines is 1. The van der Waals surface area contributed by atoms with Crippen molar-refractivity contribution >= 4 is 5.97 Å². The number of hydrogen-bond donors (Lipinski definition) is 4. The Morgan fingerprint density at radius 3 is 2.62 bits per heavy atom. The van der Waals surface area contributed by atoms with Crippen LogP contribution < -0.4 is 5.56 Å². The van der Waals surface area contributed by atoms with Crippen LogP contribution in [0.2, 0.25) is 0 Å². The van der Waals surface area contributed by atoms with Gasteiger partial charge in [-0.1, -0.05) is 0 Å². The van der Waals surface area contributed by atoms with Crippen molar-refractivity contribution in [2.75, 3.05) is 0 Å². The summed E-state index contributed by atoms with van der Waals surface area (Å²) < 4.78 is 0. The van der Waals surface area contributed by atoms with Crippen LogP contribution in [0.1, 0.15) is 23.7 Å². The number of aryl methyl sites for hydroxylation is 1. The summed E-state index contributed by atoms with van der Waals surface area (Å²) in [6, 6.07) is 1.41. The van der Waals surface area contributed by atoms with Gasteiger partial charge in [0.05, 0.1) is 12.5 Å². The summed E-state index contributed by atoms with van der Waals surface area (Å²) in [4.78, 5) is 23.8. The van der Waals surface area contributed by atoms with Crippen LogP contribution in [0, 0.1) is 6.92 Å². The zero-order valence-electron chi connectivity index (χ0n) is 8.67. The van der Waals surface area contributed by atoms with Crippen molar-refractivity contribution in [3.63, 3.8) is 0 Å². The summed E-state index contributed by atoms with van der Waals surface area (Å²) in [6.45, 7) is 1.55. The normalized spacial score (nSPS) is 14.4. The number of nitrogens with one attached hydrogen (secondary N) is 1. The maximum atomic E-state index is 11.0. The van der Waals surface area contributed by atoms with E-state index in [0.717, 1.165) is 0 Å².